The van der Waals surface area contributed by atoms with E-state index in [0.29, 0.717) is 44.1 Å². The SMILES string of the molecule is CCCCCCCc1cc(F)c(CCC2CCc3c(ccc(F)c3F)C2)c(F)c1. The Bertz CT molecular complexity index is 805. The Morgan fingerprint density at radius 1 is 0.862 bits per heavy atom. The number of unbranched alkanes of at least 4 members (excludes halogenated alkanes) is 4. The molecule has 0 radical (unpaired) electrons. The van der Waals surface area contributed by atoms with Crippen molar-refractivity contribution in [3.05, 3.63) is 69.8 Å². The van der Waals surface area contributed by atoms with Gasteiger partial charge in [0.25, 0.3) is 0 Å². The molecule has 3 rings (SSSR count). The van der Waals surface area contributed by atoms with E-state index >= 15 is 0 Å². The van der Waals surface area contributed by atoms with Crippen LogP contribution in [0.3, 0.4) is 0 Å². The molecule has 29 heavy (non-hydrogen) atoms. The van der Waals surface area contributed by atoms with Gasteiger partial charge in [-0.2, -0.15) is 0 Å². The summed E-state index contributed by atoms with van der Waals surface area (Å²) in [6, 6.07) is 5.76. The van der Waals surface area contributed by atoms with Crippen LogP contribution in [0.2, 0.25) is 0 Å². The van der Waals surface area contributed by atoms with E-state index in [1.54, 1.807) is 6.07 Å². The van der Waals surface area contributed by atoms with Crippen LogP contribution in [0.4, 0.5) is 17.6 Å². The topological polar surface area (TPSA) is 0 Å². The summed E-state index contributed by atoms with van der Waals surface area (Å²) in [6.07, 6.45) is 9.10. The Hall–Kier alpha value is -1.84. The van der Waals surface area contributed by atoms with Crippen LogP contribution in [0, 0.1) is 29.2 Å². The molecule has 0 spiro atoms. The maximum absolute atomic E-state index is 14.5. The number of hydrogen-bond donors (Lipinski definition) is 0. The molecule has 2 aromatic carbocycles. The van der Waals surface area contributed by atoms with E-state index in [-0.39, 0.29) is 11.5 Å². The molecule has 0 nitrogen and oxygen atoms in total. The average molecular weight is 407 g/mol. The van der Waals surface area contributed by atoms with Crippen molar-refractivity contribution in [2.45, 2.75) is 77.6 Å². The fourth-order valence-corrected chi connectivity index (χ4v) is 4.42. The minimum atomic E-state index is -0.809. The van der Waals surface area contributed by atoms with Crippen molar-refractivity contribution >= 4 is 0 Å². The zero-order valence-electron chi connectivity index (χ0n) is 17.2. The van der Waals surface area contributed by atoms with Gasteiger partial charge in [-0.25, -0.2) is 17.6 Å². The fourth-order valence-electron chi connectivity index (χ4n) is 4.42. The third-order valence-corrected chi connectivity index (χ3v) is 6.18. The molecule has 0 N–H and O–H groups in total. The summed E-state index contributed by atoms with van der Waals surface area (Å²) in [7, 11) is 0. The molecule has 158 valence electrons. The molecule has 1 atom stereocenters. The first-order valence-electron chi connectivity index (χ1n) is 10.9. The van der Waals surface area contributed by atoms with E-state index < -0.39 is 23.3 Å². The third kappa shape index (κ3) is 5.61. The Morgan fingerprint density at radius 2 is 1.59 bits per heavy atom. The third-order valence-electron chi connectivity index (χ3n) is 6.18. The quantitative estimate of drug-likeness (QED) is 0.299. The first-order valence-corrected chi connectivity index (χ1v) is 10.9. The van der Waals surface area contributed by atoms with Gasteiger partial charge in [0, 0.05) is 5.56 Å². The number of aryl methyl sites for hydroxylation is 1. The zero-order chi connectivity index (χ0) is 20.8. The van der Waals surface area contributed by atoms with Crippen molar-refractivity contribution < 1.29 is 17.6 Å². The van der Waals surface area contributed by atoms with Crippen molar-refractivity contribution in [3.8, 4) is 0 Å². The van der Waals surface area contributed by atoms with E-state index in [9.17, 15) is 17.6 Å². The lowest BCUT2D eigenvalue weighted by Gasteiger charge is -2.25. The second-order valence-electron chi connectivity index (χ2n) is 8.35. The molecule has 2 aromatic rings. The zero-order valence-corrected chi connectivity index (χ0v) is 17.2. The van der Waals surface area contributed by atoms with Gasteiger partial charge < -0.3 is 0 Å². The van der Waals surface area contributed by atoms with E-state index in [1.807, 2.05) is 0 Å². The van der Waals surface area contributed by atoms with Crippen LogP contribution in [-0.4, -0.2) is 0 Å². The number of hydrogen-bond acceptors (Lipinski definition) is 0. The number of halogens is 4. The highest BCUT2D eigenvalue weighted by molar-refractivity contribution is 5.32. The van der Waals surface area contributed by atoms with Crippen molar-refractivity contribution in [2.24, 2.45) is 5.92 Å². The molecule has 4 heteroatoms. The monoisotopic (exact) mass is 406 g/mol. The lowest BCUT2D eigenvalue weighted by atomic mass is 9.80. The number of benzene rings is 2. The number of rotatable bonds is 9. The fraction of sp³-hybridized carbons (Fsp3) is 0.520. The molecule has 0 saturated heterocycles. The molecule has 0 aliphatic heterocycles. The summed E-state index contributed by atoms with van der Waals surface area (Å²) in [5.41, 5.74) is 2.15. The average Bonchev–Trinajstić information content (AvgIpc) is 2.70. The molecule has 0 heterocycles. The summed E-state index contributed by atoms with van der Waals surface area (Å²) in [4.78, 5) is 0. The van der Waals surface area contributed by atoms with Gasteiger partial charge in [0.15, 0.2) is 11.6 Å². The minimum Gasteiger partial charge on any atom is -0.207 e. The smallest absolute Gasteiger partial charge is 0.162 e. The highest BCUT2D eigenvalue weighted by atomic mass is 19.2. The van der Waals surface area contributed by atoms with E-state index in [2.05, 4.69) is 6.92 Å². The van der Waals surface area contributed by atoms with Crippen LogP contribution in [0.25, 0.3) is 0 Å². The summed E-state index contributed by atoms with van der Waals surface area (Å²) in [6.45, 7) is 2.16. The van der Waals surface area contributed by atoms with Crippen LogP contribution in [-0.2, 0) is 25.7 Å². The van der Waals surface area contributed by atoms with Crippen LogP contribution >= 0.6 is 0 Å². The predicted molar refractivity (Wildman–Crippen MR) is 109 cm³/mol. The first kappa shape index (κ1) is 21.9. The summed E-state index contributed by atoms with van der Waals surface area (Å²) in [5, 5.41) is 0. The Kier molecular flexibility index (Phi) is 7.74. The van der Waals surface area contributed by atoms with Gasteiger partial charge in [0.05, 0.1) is 0 Å². The van der Waals surface area contributed by atoms with Crippen molar-refractivity contribution in [1.29, 1.82) is 0 Å². The summed E-state index contributed by atoms with van der Waals surface area (Å²) < 4.78 is 56.2. The normalized spacial score (nSPS) is 16.1. The maximum Gasteiger partial charge on any atom is 0.162 e. The summed E-state index contributed by atoms with van der Waals surface area (Å²) >= 11 is 0. The lowest BCUT2D eigenvalue weighted by molar-refractivity contribution is 0.403. The first-order chi connectivity index (χ1) is 14.0. The highest BCUT2D eigenvalue weighted by Gasteiger charge is 2.23. The molecular weight excluding hydrogens is 376 g/mol. The van der Waals surface area contributed by atoms with Gasteiger partial charge in [0.1, 0.15) is 11.6 Å². The molecule has 1 unspecified atom stereocenters. The second-order valence-corrected chi connectivity index (χ2v) is 8.35. The lowest BCUT2D eigenvalue weighted by Crippen LogP contribution is -2.17. The molecule has 1 aliphatic carbocycles. The highest BCUT2D eigenvalue weighted by Crippen LogP contribution is 2.31. The van der Waals surface area contributed by atoms with Crippen molar-refractivity contribution in [3.63, 3.8) is 0 Å². The Balaban J connectivity index is 1.56. The molecule has 0 aromatic heterocycles. The van der Waals surface area contributed by atoms with Crippen LogP contribution in [0.15, 0.2) is 24.3 Å². The van der Waals surface area contributed by atoms with E-state index in [4.69, 9.17) is 0 Å². The summed E-state index contributed by atoms with van der Waals surface area (Å²) in [5.74, 6) is -2.25. The maximum atomic E-state index is 14.5. The minimum absolute atomic E-state index is 0.149. The van der Waals surface area contributed by atoms with Crippen LogP contribution < -0.4 is 0 Å². The standard InChI is InChI=1S/C25H30F4/c1-2-3-4-5-6-7-18-15-23(27)21(24(28)16-18)12-9-17-8-11-20-19(14-17)10-13-22(26)25(20)29/h10,13,15-17H,2-9,11-12,14H2,1H3. The molecule has 0 fully saturated rings. The van der Waals surface area contributed by atoms with Gasteiger partial charge >= 0.3 is 0 Å². The van der Waals surface area contributed by atoms with Crippen LogP contribution in [0.5, 0.6) is 0 Å². The van der Waals surface area contributed by atoms with E-state index in [0.717, 1.165) is 30.0 Å². The number of fused-ring (bicyclic) bond motifs is 1. The molecule has 1 aliphatic rings. The van der Waals surface area contributed by atoms with Gasteiger partial charge in [0.2, 0.25) is 0 Å². The molecular formula is C25H30F4. The van der Waals surface area contributed by atoms with Crippen molar-refractivity contribution in [2.75, 3.05) is 0 Å². The van der Waals surface area contributed by atoms with Gasteiger partial charge in [-0.15, -0.1) is 0 Å². The van der Waals surface area contributed by atoms with Crippen molar-refractivity contribution in [1.82, 2.24) is 0 Å². The largest absolute Gasteiger partial charge is 0.207 e. The van der Waals surface area contributed by atoms with Gasteiger partial charge in [-0.05, 0) is 85.8 Å². The molecule has 0 amide bonds. The van der Waals surface area contributed by atoms with E-state index in [1.165, 1.54) is 31.4 Å². The molecule has 0 bridgehead atoms. The van der Waals surface area contributed by atoms with Gasteiger partial charge in [-0.1, -0.05) is 38.7 Å². The van der Waals surface area contributed by atoms with Crippen LogP contribution in [0.1, 0.15) is 74.1 Å². The second kappa shape index (κ2) is 10.3. The van der Waals surface area contributed by atoms with Gasteiger partial charge in [-0.3, -0.25) is 0 Å². The molecule has 0 saturated carbocycles. The Labute approximate surface area is 171 Å². The Morgan fingerprint density at radius 3 is 2.31 bits per heavy atom. The predicted octanol–water partition coefficient (Wildman–Crippen LogP) is 7.49.